The van der Waals surface area contributed by atoms with Crippen LogP contribution >= 0.6 is 11.8 Å². The quantitative estimate of drug-likeness (QED) is 0.568. The summed E-state index contributed by atoms with van der Waals surface area (Å²) in [5.74, 6) is -0.161. The Labute approximate surface area is 197 Å². The number of methoxy groups -OCH3 is 1. The average molecular weight is 477 g/mol. The fourth-order valence-corrected chi connectivity index (χ4v) is 4.39. The molecule has 3 rings (SSSR count). The topological polar surface area (TPSA) is 85.9 Å². The zero-order valence-corrected chi connectivity index (χ0v) is 20.0. The average Bonchev–Trinajstić information content (AvgIpc) is 2.76. The Morgan fingerprint density at radius 3 is 2.61 bits per heavy atom. The summed E-state index contributed by atoms with van der Waals surface area (Å²) in [5.41, 5.74) is 0.856. The van der Waals surface area contributed by atoms with Crippen LogP contribution in [-0.2, 0) is 27.3 Å². The summed E-state index contributed by atoms with van der Waals surface area (Å²) < 4.78 is 31.5. The smallest absolute Gasteiger partial charge is 0.407 e. The van der Waals surface area contributed by atoms with Gasteiger partial charge in [0.1, 0.15) is 30.2 Å². The Morgan fingerprint density at radius 2 is 1.94 bits per heavy atom. The van der Waals surface area contributed by atoms with Crippen molar-refractivity contribution in [3.63, 3.8) is 0 Å². The van der Waals surface area contributed by atoms with E-state index in [0.717, 1.165) is 10.5 Å². The van der Waals surface area contributed by atoms with Crippen molar-refractivity contribution >= 4 is 29.5 Å². The molecule has 0 radical (unpaired) electrons. The molecule has 1 aliphatic heterocycles. The molecule has 178 valence electrons. The van der Waals surface area contributed by atoms with Crippen LogP contribution in [0.25, 0.3) is 0 Å². The van der Waals surface area contributed by atoms with Crippen molar-refractivity contribution in [2.45, 2.75) is 50.3 Å². The van der Waals surface area contributed by atoms with Gasteiger partial charge >= 0.3 is 12.1 Å². The molecule has 1 amide bonds. The van der Waals surface area contributed by atoms with Gasteiger partial charge in [-0.25, -0.2) is 9.18 Å². The third-order valence-corrected chi connectivity index (χ3v) is 6.02. The Kier molecular flexibility index (Phi) is 8.07. The number of benzene rings is 2. The van der Waals surface area contributed by atoms with E-state index in [2.05, 4.69) is 15.4 Å². The molecule has 0 spiro atoms. The number of hydrogen-bond acceptors (Lipinski definition) is 7. The van der Waals surface area contributed by atoms with Crippen molar-refractivity contribution in [1.82, 2.24) is 5.32 Å². The van der Waals surface area contributed by atoms with Crippen LogP contribution in [-0.4, -0.2) is 43.1 Å². The number of thioether (sulfide) groups is 1. The summed E-state index contributed by atoms with van der Waals surface area (Å²) in [7, 11) is 1.27. The first-order chi connectivity index (χ1) is 15.7. The first kappa shape index (κ1) is 24.7. The SMILES string of the molecule is COC(=O)CNc1c(OCc2ccccc2)cc2c(c1F)C[C@H](NC(=O)OC(C)(C)C)CS2. The molecule has 0 saturated heterocycles. The van der Waals surface area contributed by atoms with Crippen LogP contribution in [0, 0.1) is 5.82 Å². The van der Waals surface area contributed by atoms with Gasteiger partial charge in [-0.05, 0) is 38.8 Å². The summed E-state index contributed by atoms with van der Waals surface area (Å²) in [5, 5.41) is 5.62. The maximum Gasteiger partial charge on any atom is 0.407 e. The fraction of sp³-hybridized carbons (Fsp3) is 0.417. The number of hydrogen-bond donors (Lipinski definition) is 2. The summed E-state index contributed by atoms with van der Waals surface area (Å²) >= 11 is 1.43. The maximum atomic E-state index is 15.6. The summed E-state index contributed by atoms with van der Waals surface area (Å²) in [6.45, 7) is 5.40. The minimum Gasteiger partial charge on any atom is -0.487 e. The lowest BCUT2D eigenvalue weighted by Gasteiger charge is -2.28. The first-order valence-corrected chi connectivity index (χ1v) is 11.6. The molecule has 33 heavy (non-hydrogen) atoms. The van der Waals surface area contributed by atoms with Gasteiger partial charge in [0, 0.05) is 22.3 Å². The monoisotopic (exact) mass is 476 g/mol. The lowest BCUT2D eigenvalue weighted by atomic mass is 10.0. The molecular formula is C24H29FN2O5S. The number of nitrogens with one attached hydrogen (secondary N) is 2. The lowest BCUT2D eigenvalue weighted by Crippen LogP contribution is -2.42. The minimum absolute atomic E-state index is 0.0913. The van der Waals surface area contributed by atoms with Gasteiger partial charge < -0.3 is 24.8 Å². The van der Waals surface area contributed by atoms with Gasteiger partial charge in [0.05, 0.1) is 7.11 Å². The number of anilines is 1. The van der Waals surface area contributed by atoms with Gasteiger partial charge in [0.25, 0.3) is 0 Å². The molecule has 1 heterocycles. The van der Waals surface area contributed by atoms with Gasteiger partial charge in [-0.3, -0.25) is 4.79 Å². The zero-order chi connectivity index (χ0) is 24.0. The van der Waals surface area contributed by atoms with Crippen LogP contribution in [0.15, 0.2) is 41.3 Å². The number of fused-ring (bicyclic) bond motifs is 1. The van der Waals surface area contributed by atoms with E-state index in [9.17, 15) is 9.59 Å². The largest absolute Gasteiger partial charge is 0.487 e. The number of carbonyl (C=O) groups is 2. The molecule has 0 bridgehead atoms. The van der Waals surface area contributed by atoms with E-state index >= 15 is 4.39 Å². The minimum atomic E-state index is -0.620. The van der Waals surface area contributed by atoms with Crippen molar-refractivity contribution in [1.29, 1.82) is 0 Å². The van der Waals surface area contributed by atoms with Gasteiger partial charge in [-0.15, -0.1) is 11.8 Å². The van der Waals surface area contributed by atoms with E-state index in [1.165, 1.54) is 18.9 Å². The van der Waals surface area contributed by atoms with Crippen molar-refractivity contribution in [2.75, 3.05) is 24.7 Å². The molecule has 1 aliphatic rings. The number of alkyl carbamates (subject to hydrolysis) is 1. The van der Waals surface area contributed by atoms with Crippen LogP contribution in [0.1, 0.15) is 31.9 Å². The second-order valence-electron chi connectivity index (χ2n) is 8.60. The highest BCUT2D eigenvalue weighted by molar-refractivity contribution is 7.99. The molecule has 0 saturated carbocycles. The number of ether oxygens (including phenoxy) is 3. The van der Waals surface area contributed by atoms with Gasteiger partial charge in [0.15, 0.2) is 5.82 Å². The Hall–Kier alpha value is -2.94. The van der Waals surface area contributed by atoms with Crippen LogP contribution < -0.4 is 15.4 Å². The van der Waals surface area contributed by atoms with E-state index in [0.29, 0.717) is 23.5 Å². The zero-order valence-electron chi connectivity index (χ0n) is 19.2. The second kappa shape index (κ2) is 10.8. The fourth-order valence-electron chi connectivity index (χ4n) is 3.27. The number of amides is 1. The highest BCUT2D eigenvalue weighted by Gasteiger charge is 2.29. The van der Waals surface area contributed by atoms with Crippen molar-refractivity contribution in [2.24, 2.45) is 0 Å². The molecule has 2 N–H and O–H groups in total. The number of carbonyl (C=O) groups excluding carboxylic acids is 2. The third-order valence-electron chi connectivity index (χ3n) is 4.78. The van der Waals surface area contributed by atoms with Crippen molar-refractivity contribution in [3.05, 3.63) is 53.3 Å². The molecule has 7 nitrogen and oxygen atoms in total. The van der Waals surface area contributed by atoms with E-state index in [-0.39, 0.29) is 24.9 Å². The normalized spacial score (nSPS) is 15.2. The highest BCUT2D eigenvalue weighted by atomic mass is 32.2. The standard InChI is InChI=1S/C24H29FN2O5S/c1-24(2,3)32-23(29)27-16-10-17-19(33-14-16)11-18(31-13-15-8-6-5-7-9-15)22(21(17)25)26-12-20(28)30-4/h5-9,11,16,26H,10,12-14H2,1-4H3,(H,27,29)/t16-/m0/s1. The lowest BCUT2D eigenvalue weighted by molar-refractivity contribution is -0.138. The van der Waals surface area contributed by atoms with E-state index in [1.54, 1.807) is 26.8 Å². The summed E-state index contributed by atoms with van der Waals surface area (Å²) in [4.78, 5) is 24.5. The molecule has 0 unspecified atom stereocenters. The molecular weight excluding hydrogens is 447 g/mol. The van der Waals surface area contributed by atoms with Crippen LogP contribution in [0.5, 0.6) is 5.75 Å². The van der Waals surface area contributed by atoms with E-state index in [1.807, 2.05) is 30.3 Å². The number of halogens is 1. The molecule has 1 atom stereocenters. The summed E-state index contributed by atoms with van der Waals surface area (Å²) in [6.07, 6.45) is -0.247. The Morgan fingerprint density at radius 1 is 1.21 bits per heavy atom. The predicted molar refractivity (Wildman–Crippen MR) is 125 cm³/mol. The molecule has 2 aromatic carbocycles. The summed E-state index contributed by atoms with van der Waals surface area (Å²) in [6, 6.07) is 11.0. The highest BCUT2D eigenvalue weighted by Crippen LogP contribution is 2.41. The van der Waals surface area contributed by atoms with Crippen LogP contribution in [0.3, 0.4) is 0 Å². The molecule has 2 aromatic rings. The van der Waals surface area contributed by atoms with Gasteiger partial charge in [-0.1, -0.05) is 30.3 Å². The third kappa shape index (κ3) is 7.02. The van der Waals surface area contributed by atoms with Gasteiger partial charge in [-0.2, -0.15) is 0 Å². The molecule has 0 fully saturated rings. The van der Waals surface area contributed by atoms with E-state index < -0.39 is 23.5 Å². The molecule has 0 aliphatic carbocycles. The Bertz CT molecular complexity index is 995. The predicted octanol–water partition coefficient (Wildman–Crippen LogP) is 4.53. The molecule has 0 aromatic heterocycles. The number of rotatable bonds is 7. The van der Waals surface area contributed by atoms with Crippen molar-refractivity contribution < 1.29 is 28.2 Å². The van der Waals surface area contributed by atoms with Gasteiger partial charge in [0.2, 0.25) is 0 Å². The van der Waals surface area contributed by atoms with Crippen molar-refractivity contribution in [3.8, 4) is 5.75 Å². The van der Waals surface area contributed by atoms with E-state index in [4.69, 9.17) is 9.47 Å². The second-order valence-corrected chi connectivity index (χ2v) is 9.66. The Balaban J connectivity index is 1.82. The number of esters is 1. The first-order valence-electron chi connectivity index (χ1n) is 10.6. The maximum absolute atomic E-state index is 15.6. The van der Waals surface area contributed by atoms with Crippen LogP contribution in [0.4, 0.5) is 14.9 Å². The van der Waals surface area contributed by atoms with Crippen LogP contribution in [0.2, 0.25) is 0 Å². The molecule has 9 heteroatoms.